The molecular weight excluding hydrogens is 272 g/mol. The Bertz CT molecular complexity index is 542. The van der Waals surface area contributed by atoms with Gasteiger partial charge in [-0.15, -0.1) is 0 Å². The molecule has 0 saturated carbocycles. The van der Waals surface area contributed by atoms with Gasteiger partial charge in [0.05, 0.1) is 16.6 Å². The highest BCUT2D eigenvalue weighted by molar-refractivity contribution is 9.10. The highest BCUT2D eigenvalue weighted by atomic mass is 79.9. The largest absolute Gasteiger partial charge is 0.461 e. The monoisotopic (exact) mass is 280 g/mol. The van der Waals surface area contributed by atoms with Crippen LogP contribution in [0.3, 0.4) is 0 Å². The first kappa shape index (κ1) is 11.0. The van der Waals surface area contributed by atoms with E-state index in [-0.39, 0.29) is 0 Å². The number of ether oxygens (including phenoxy) is 1. The Morgan fingerprint density at radius 3 is 3.00 bits per heavy atom. The fourth-order valence-corrected chi connectivity index (χ4v) is 1.76. The summed E-state index contributed by atoms with van der Waals surface area (Å²) >= 11 is 3.34. The average Bonchev–Trinajstić information content (AvgIpc) is 2.29. The first-order valence-corrected chi connectivity index (χ1v) is 5.59. The molecule has 0 saturated heterocycles. The van der Waals surface area contributed by atoms with Gasteiger partial charge in [-0.2, -0.15) is 0 Å². The SMILES string of the molecule is CCOC(=O)c1ccc2cncc(Br)c2n1. The number of esters is 1. The number of pyridine rings is 2. The van der Waals surface area contributed by atoms with Crippen molar-refractivity contribution in [2.45, 2.75) is 6.92 Å². The maximum atomic E-state index is 11.5. The average molecular weight is 281 g/mol. The van der Waals surface area contributed by atoms with Crippen molar-refractivity contribution in [3.05, 3.63) is 34.7 Å². The van der Waals surface area contributed by atoms with Crippen molar-refractivity contribution in [1.29, 1.82) is 0 Å². The summed E-state index contributed by atoms with van der Waals surface area (Å²) in [6, 6.07) is 3.43. The summed E-state index contributed by atoms with van der Waals surface area (Å²) in [6.07, 6.45) is 3.34. The summed E-state index contributed by atoms with van der Waals surface area (Å²) in [7, 11) is 0. The lowest BCUT2D eigenvalue weighted by Crippen LogP contribution is -2.06. The topological polar surface area (TPSA) is 52.1 Å². The van der Waals surface area contributed by atoms with Crippen molar-refractivity contribution in [2.24, 2.45) is 0 Å². The van der Waals surface area contributed by atoms with Gasteiger partial charge in [0.15, 0.2) is 0 Å². The molecule has 0 spiro atoms. The van der Waals surface area contributed by atoms with Crippen LogP contribution in [-0.2, 0) is 4.74 Å². The Morgan fingerprint density at radius 1 is 1.44 bits per heavy atom. The van der Waals surface area contributed by atoms with Crippen LogP contribution in [0, 0.1) is 0 Å². The molecule has 82 valence electrons. The van der Waals surface area contributed by atoms with Gasteiger partial charge < -0.3 is 4.74 Å². The Morgan fingerprint density at radius 2 is 2.25 bits per heavy atom. The Hall–Kier alpha value is -1.49. The molecule has 0 fully saturated rings. The third kappa shape index (κ3) is 2.04. The van der Waals surface area contributed by atoms with Crippen LogP contribution in [0.15, 0.2) is 29.0 Å². The molecule has 5 heteroatoms. The van der Waals surface area contributed by atoms with Gasteiger partial charge in [0.1, 0.15) is 5.69 Å². The number of halogens is 1. The van der Waals surface area contributed by atoms with Gasteiger partial charge in [-0.05, 0) is 35.0 Å². The lowest BCUT2D eigenvalue weighted by molar-refractivity contribution is 0.0520. The van der Waals surface area contributed by atoms with Crippen molar-refractivity contribution in [3.8, 4) is 0 Å². The van der Waals surface area contributed by atoms with Crippen LogP contribution in [0.1, 0.15) is 17.4 Å². The van der Waals surface area contributed by atoms with E-state index in [2.05, 4.69) is 25.9 Å². The molecule has 2 aromatic rings. The highest BCUT2D eigenvalue weighted by Crippen LogP contribution is 2.20. The van der Waals surface area contributed by atoms with Crippen LogP contribution in [0.2, 0.25) is 0 Å². The van der Waals surface area contributed by atoms with E-state index in [4.69, 9.17) is 4.74 Å². The van der Waals surface area contributed by atoms with E-state index >= 15 is 0 Å². The first-order valence-electron chi connectivity index (χ1n) is 4.79. The number of nitrogens with zero attached hydrogens (tertiary/aromatic N) is 2. The van der Waals surface area contributed by atoms with E-state index in [0.717, 1.165) is 9.86 Å². The summed E-state index contributed by atoms with van der Waals surface area (Å²) in [4.78, 5) is 19.7. The maximum Gasteiger partial charge on any atom is 0.356 e. The van der Waals surface area contributed by atoms with Crippen molar-refractivity contribution >= 4 is 32.8 Å². The highest BCUT2D eigenvalue weighted by Gasteiger charge is 2.10. The Labute approximate surface area is 101 Å². The van der Waals surface area contributed by atoms with E-state index in [9.17, 15) is 4.79 Å². The first-order chi connectivity index (χ1) is 7.72. The molecule has 4 nitrogen and oxygen atoms in total. The lowest BCUT2D eigenvalue weighted by Gasteiger charge is -2.03. The molecule has 0 aliphatic rings. The van der Waals surface area contributed by atoms with Crippen LogP contribution in [0.25, 0.3) is 10.9 Å². The number of hydrogen-bond acceptors (Lipinski definition) is 4. The molecule has 16 heavy (non-hydrogen) atoms. The Balaban J connectivity index is 2.51. The van der Waals surface area contributed by atoms with E-state index < -0.39 is 5.97 Å². The number of carbonyl (C=O) groups excluding carboxylic acids is 1. The lowest BCUT2D eigenvalue weighted by atomic mass is 10.2. The third-order valence-electron chi connectivity index (χ3n) is 2.04. The van der Waals surface area contributed by atoms with Gasteiger partial charge in [-0.1, -0.05) is 0 Å². The summed E-state index contributed by atoms with van der Waals surface area (Å²) in [5, 5.41) is 0.877. The summed E-state index contributed by atoms with van der Waals surface area (Å²) in [6.45, 7) is 2.11. The van der Waals surface area contributed by atoms with Crippen LogP contribution in [0.4, 0.5) is 0 Å². The normalized spacial score (nSPS) is 10.4. The minimum absolute atomic E-state index is 0.307. The van der Waals surface area contributed by atoms with Crippen LogP contribution in [-0.4, -0.2) is 22.5 Å². The summed E-state index contributed by atoms with van der Waals surface area (Å²) < 4.78 is 5.64. The zero-order valence-corrected chi connectivity index (χ0v) is 10.2. The van der Waals surface area contributed by atoms with Gasteiger partial charge >= 0.3 is 5.97 Å². The molecule has 0 aliphatic carbocycles. The smallest absolute Gasteiger partial charge is 0.356 e. The molecule has 0 unspecified atom stereocenters. The van der Waals surface area contributed by atoms with Gasteiger partial charge in [0.25, 0.3) is 0 Å². The molecular formula is C11H9BrN2O2. The van der Waals surface area contributed by atoms with Crippen LogP contribution >= 0.6 is 15.9 Å². The third-order valence-corrected chi connectivity index (χ3v) is 2.62. The number of rotatable bonds is 2. The maximum absolute atomic E-state index is 11.5. The molecule has 2 heterocycles. The van der Waals surface area contributed by atoms with Gasteiger partial charge in [-0.25, -0.2) is 9.78 Å². The molecule has 0 amide bonds. The van der Waals surface area contributed by atoms with E-state index in [1.165, 1.54) is 0 Å². The Kier molecular flexibility index (Phi) is 3.14. The quantitative estimate of drug-likeness (QED) is 0.794. The molecule has 0 aliphatic heterocycles. The minimum Gasteiger partial charge on any atom is -0.461 e. The van der Waals surface area contributed by atoms with E-state index in [1.807, 2.05) is 0 Å². The fraction of sp³-hybridized carbons (Fsp3) is 0.182. The second-order valence-electron chi connectivity index (χ2n) is 3.11. The van der Waals surface area contributed by atoms with Crippen LogP contribution in [0.5, 0.6) is 0 Å². The predicted molar refractivity (Wildman–Crippen MR) is 63.2 cm³/mol. The summed E-state index contributed by atoms with van der Waals surface area (Å²) in [5.74, 6) is -0.409. The van der Waals surface area contributed by atoms with Crippen LogP contribution < -0.4 is 0 Å². The second-order valence-corrected chi connectivity index (χ2v) is 3.96. The molecule has 0 aromatic carbocycles. The van der Waals surface area contributed by atoms with Crippen molar-refractivity contribution in [2.75, 3.05) is 6.61 Å². The molecule has 2 aromatic heterocycles. The number of carbonyl (C=O) groups is 1. The zero-order chi connectivity index (χ0) is 11.5. The standard InChI is InChI=1S/C11H9BrN2O2/c1-2-16-11(15)9-4-3-7-5-13-6-8(12)10(7)14-9/h3-6H,2H2,1H3. The number of fused-ring (bicyclic) bond motifs is 1. The minimum atomic E-state index is -0.409. The fourth-order valence-electron chi connectivity index (χ4n) is 1.33. The van der Waals surface area contributed by atoms with E-state index in [0.29, 0.717) is 17.8 Å². The zero-order valence-electron chi connectivity index (χ0n) is 8.61. The van der Waals surface area contributed by atoms with Gasteiger partial charge in [-0.3, -0.25) is 4.98 Å². The summed E-state index contributed by atoms with van der Waals surface area (Å²) in [5.41, 5.74) is 1.02. The van der Waals surface area contributed by atoms with Gasteiger partial charge in [0, 0.05) is 17.8 Å². The van der Waals surface area contributed by atoms with Crippen molar-refractivity contribution < 1.29 is 9.53 Å². The molecule has 0 N–H and O–H groups in total. The predicted octanol–water partition coefficient (Wildman–Crippen LogP) is 2.57. The van der Waals surface area contributed by atoms with Crippen molar-refractivity contribution in [3.63, 3.8) is 0 Å². The van der Waals surface area contributed by atoms with Gasteiger partial charge in [0.2, 0.25) is 0 Å². The number of hydrogen-bond donors (Lipinski definition) is 0. The number of aromatic nitrogens is 2. The second kappa shape index (κ2) is 4.57. The molecule has 2 rings (SSSR count). The molecule has 0 radical (unpaired) electrons. The molecule has 0 atom stereocenters. The molecule has 0 bridgehead atoms. The van der Waals surface area contributed by atoms with E-state index in [1.54, 1.807) is 31.5 Å². The van der Waals surface area contributed by atoms with Crippen molar-refractivity contribution in [1.82, 2.24) is 9.97 Å².